The van der Waals surface area contributed by atoms with E-state index in [2.05, 4.69) is 10.2 Å². The highest BCUT2D eigenvalue weighted by atomic mass is 19.1. The molecular formula is C15H16FN3O3. The molecule has 1 unspecified atom stereocenters. The quantitative estimate of drug-likeness (QED) is 0.933. The number of benzene rings is 1. The van der Waals surface area contributed by atoms with Crippen molar-refractivity contribution in [2.75, 3.05) is 18.0 Å². The first-order valence-corrected chi connectivity index (χ1v) is 7.09. The van der Waals surface area contributed by atoms with Crippen LogP contribution in [0, 0.1) is 18.7 Å². The first-order valence-electron chi connectivity index (χ1n) is 7.09. The van der Waals surface area contributed by atoms with Crippen LogP contribution >= 0.6 is 0 Å². The van der Waals surface area contributed by atoms with Crippen molar-refractivity contribution in [3.8, 4) is 0 Å². The molecule has 2 aromatic rings. The lowest BCUT2D eigenvalue weighted by molar-refractivity contribution is 0.0691. The largest absolute Gasteiger partial charge is 0.478 e. The number of aromatic nitrogens is 2. The van der Waals surface area contributed by atoms with Crippen LogP contribution in [0.1, 0.15) is 28.2 Å². The van der Waals surface area contributed by atoms with Crippen LogP contribution in [0.5, 0.6) is 0 Å². The lowest BCUT2D eigenvalue weighted by Crippen LogP contribution is -2.20. The highest BCUT2D eigenvalue weighted by Crippen LogP contribution is 2.25. The summed E-state index contributed by atoms with van der Waals surface area (Å²) in [6, 6.07) is 4.79. The van der Waals surface area contributed by atoms with Crippen LogP contribution in [-0.4, -0.2) is 34.4 Å². The number of hydrogen-bond acceptors (Lipinski definition) is 5. The number of carboxylic acids is 1. The molecular weight excluding hydrogens is 289 g/mol. The van der Waals surface area contributed by atoms with Crippen molar-refractivity contribution in [3.63, 3.8) is 0 Å². The molecule has 1 aromatic carbocycles. The number of nitrogens with zero attached hydrogens (tertiary/aromatic N) is 3. The fourth-order valence-corrected chi connectivity index (χ4v) is 2.78. The average Bonchev–Trinajstić information content (AvgIpc) is 3.09. The van der Waals surface area contributed by atoms with Crippen LogP contribution in [0.3, 0.4) is 0 Å². The molecule has 0 saturated carbocycles. The average molecular weight is 305 g/mol. The molecule has 6 nitrogen and oxygen atoms in total. The number of rotatable bonds is 4. The smallest absolute Gasteiger partial charge is 0.338 e. The Balaban J connectivity index is 1.67. The minimum atomic E-state index is -1.24. The first-order chi connectivity index (χ1) is 10.5. The van der Waals surface area contributed by atoms with E-state index in [4.69, 9.17) is 9.52 Å². The summed E-state index contributed by atoms with van der Waals surface area (Å²) < 4.78 is 18.8. The Morgan fingerprint density at radius 3 is 3.00 bits per heavy atom. The lowest BCUT2D eigenvalue weighted by atomic mass is 9.97. The molecule has 1 aliphatic rings. The van der Waals surface area contributed by atoms with Gasteiger partial charge in [0.15, 0.2) is 0 Å². The molecule has 1 atom stereocenters. The van der Waals surface area contributed by atoms with Crippen molar-refractivity contribution in [1.82, 2.24) is 10.2 Å². The number of halogens is 1. The van der Waals surface area contributed by atoms with Gasteiger partial charge >= 0.3 is 12.0 Å². The summed E-state index contributed by atoms with van der Waals surface area (Å²) in [6.07, 6.45) is 1.64. The van der Waals surface area contributed by atoms with Gasteiger partial charge in [0, 0.05) is 20.0 Å². The second-order valence-electron chi connectivity index (χ2n) is 5.53. The van der Waals surface area contributed by atoms with Gasteiger partial charge in [-0.15, -0.1) is 5.10 Å². The van der Waals surface area contributed by atoms with Crippen LogP contribution in [0.4, 0.5) is 10.4 Å². The molecule has 1 N–H and O–H groups in total. The molecule has 1 aromatic heterocycles. The van der Waals surface area contributed by atoms with E-state index in [0.29, 0.717) is 24.2 Å². The Morgan fingerprint density at radius 2 is 2.32 bits per heavy atom. The van der Waals surface area contributed by atoms with E-state index in [9.17, 15) is 9.18 Å². The maximum atomic E-state index is 13.4. The van der Waals surface area contributed by atoms with Crippen LogP contribution in [0.25, 0.3) is 0 Å². The zero-order valence-electron chi connectivity index (χ0n) is 12.1. The van der Waals surface area contributed by atoms with E-state index in [1.807, 2.05) is 4.90 Å². The summed E-state index contributed by atoms with van der Waals surface area (Å²) in [5, 5.41) is 16.8. The van der Waals surface area contributed by atoms with Crippen LogP contribution in [0.2, 0.25) is 0 Å². The van der Waals surface area contributed by atoms with Crippen molar-refractivity contribution in [2.24, 2.45) is 5.92 Å². The Kier molecular flexibility index (Phi) is 3.79. The Bertz CT molecular complexity index is 701. The van der Waals surface area contributed by atoms with Crippen molar-refractivity contribution in [2.45, 2.75) is 19.8 Å². The molecule has 0 amide bonds. The number of aryl methyl sites for hydroxylation is 1. The number of carboxylic acid groups (broad SMARTS) is 1. The second-order valence-corrected chi connectivity index (χ2v) is 5.53. The van der Waals surface area contributed by atoms with Crippen LogP contribution in [-0.2, 0) is 6.42 Å². The summed E-state index contributed by atoms with van der Waals surface area (Å²) in [7, 11) is 0. The van der Waals surface area contributed by atoms with E-state index < -0.39 is 11.8 Å². The molecule has 22 heavy (non-hydrogen) atoms. The molecule has 3 rings (SSSR count). The van der Waals surface area contributed by atoms with E-state index in [-0.39, 0.29) is 5.56 Å². The van der Waals surface area contributed by atoms with Crippen molar-refractivity contribution < 1.29 is 18.7 Å². The van der Waals surface area contributed by atoms with Crippen LogP contribution < -0.4 is 4.90 Å². The zero-order chi connectivity index (χ0) is 15.7. The number of anilines is 1. The molecule has 116 valence electrons. The Hall–Kier alpha value is -2.44. The molecule has 0 aliphatic carbocycles. The third kappa shape index (κ3) is 2.93. The van der Waals surface area contributed by atoms with Gasteiger partial charge in [0.25, 0.3) is 0 Å². The molecule has 1 aliphatic heterocycles. The molecule has 7 heteroatoms. The lowest BCUT2D eigenvalue weighted by Gasteiger charge is -2.13. The standard InChI is InChI=1S/C15H16FN3O3/c1-9-17-18-15(22-9)19-5-4-11(8-19)6-10-2-3-13(16)12(7-10)14(20)21/h2-3,7,11H,4-6,8H2,1H3,(H,20,21). The summed E-state index contributed by atoms with van der Waals surface area (Å²) in [5.41, 5.74) is 0.548. The van der Waals surface area contributed by atoms with Gasteiger partial charge in [-0.25, -0.2) is 9.18 Å². The Morgan fingerprint density at radius 1 is 1.50 bits per heavy atom. The van der Waals surface area contributed by atoms with Gasteiger partial charge < -0.3 is 14.4 Å². The normalized spacial score (nSPS) is 17.9. The third-order valence-electron chi connectivity index (χ3n) is 3.86. The first kappa shape index (κ1) is 14.5. The van der Waals surface area contributed by atoms with Gasteiger partial charge in [0.05, 0.1) is 5.56 Å². The summed E-state index contributed by atoms with van der Waals surface area (Å²) in [6.45, 7) is 3.33. The predicted molar refractivity (Wildman–Crippen MR) is 76.4 cm³/mol. The molecule has 1 saturated heterocycles. The van der Waals surface area contributed by atoms with E-state index in [1.54, 1.807) is 13.0 Å². The van der Waals surface area contributed by atoms with Crippen molar-refractivity contribution >= 4 is 12.0 Å². The number of hydrogen-bond donors (Lipinski definition) is 1. The highest BCUT2D eigenvalue weighted by Gasteiger charge is 2.26. The van der Waals surface area contributed by atoms with Gasteiger partial charge in [0.1, 0.15) is 5.82 Å². The zero-order valence-corrected chi connectivity index (χ0v) is 12.1. The number of carbonyl (C=O) groups is 1. The second kappa shape index (κ2) is 5.75. The summed E-state index contributed by atoms with van der Waals surface area (Å²) in [4.78, 5) is 13.0. The maximum absolute atomic E-state index is 13.4. The fraction of sp³-hybridized carbons (Fsp3) is 0.400. The van der Waals surface area contributed by atoms with Gasteiger partial charge in [-0.05, 0) is 36.5 Å². The van der Waals surface area contributed by atoms with E-state index >= 15 is 0 Å². The topological polar surface area (TPSA) is 79.5 Å². The number of aromatic carboxylic acids is 1. The molecule has 0 radical (unpaired) electrons. The van der Waals surface area contributed by atoms with E-state index in [0.717, 1.165) is 25.1 Å². The van der Waals surface area contributed by atoms with Gasteiger partial charge in [0.2, 0.25) is 5.89 Å². The van der Waals surface area contributed by atoms with Crippen LogP contribution in [0.15, 0.2) is 22.6 Å². The van der Waals surface area contributed by atoms with Gasteiger partial charge in [-0.1, -0.05) is 11.2 Å². The maximum Gasteiger partial charge on any atom is 0.338 e. The molecule has 1 fully saturated rings. The highest BCUT2D eigenvalue weighted by molar-refractivity contribution is 5.88. The Labute approximate surface area is 126 Å². The minimum absolute atomic E-state index is 0.278. The fourth-order valence-electron chi connectivity index (χ4n) is 2.78. The monoisotopic (exact) mass is 305 g/mol. The van der Waals surface area contributed by atoms with E-state index in [1.165, 1.54) is 12.1 Å². The summed E-state index contributed by atoms with van der Waals surface area (Å²) in [5.74, 6) is -1.07. The minimum Gasteiger partial charge on any atom is -0.478 e. The molecule has 0 spiro atoms. The molecule has 2 heterocycles. The summed E-state index contributed by atoms with van der Waals surface area (Å²) >= 11 is 0. The molecule has 0 bridgehead atoms. The predicted octanol–water partition coefficient (Wildman–Crippen LogP) is 2.28. The SMILES string of the molecule is Cc1nnc(N2CCC(Cc3ccc(F)c(C(=O)O)c3)C2)o1. The van der Waals surface area contributed by atoms with Gasteiger partial charge in [-0.3, -0.25) is 0 Å². The van der Waals surface area contributed by atoms with Gasteiger partial charge in [-0.2, -0.15) is 0 Å². The van der Waals surface area contributed by atoms with Crippen molar-refractivity contribution in [1.29, 1.82) is 0 Å². The van der Waals surface area contributed by atoms with Crippen molar-refractivity contribution in [3.05, 3.63) is 41.0 Å². The third-order valence-corrected chi connectivity index (χ3v) is 3.86.